The van der Waals surface area contributed by atoms with Crippen molar-refractivity contribution < 1.29 is 41.3 Å². The number of carbonyl (C=O) groups excluding carboxylic acids is 1. The molecule has 2 saturated heterocycles. The molecule has 48 heavy (non-hydrogen) atoms. The molecule has 3 atom stereocenters. The maximum absolute atomic E-state index is 16.8. The highest BCUT2D eigenvalue weighted by molar-refractivity contribution is 6.32. The summed E-state index contributed by atoms with van der Waals surface area (Å²) in [6.45, 7) is 0.296. The molecule has 5 heterocycles. The van der Waals surface area contributed by atoms with Crippen LogP contribution in [0.1, 0.15) is 56.9 Å². The van der Waals surface area contributed by atoms with Gasteiger partial charge in [0, 0.05) is 49.6 Å². The maximum atomic E-state index is 16.8. The molecule has 3 fully saturated rings. The number of aliphatic hydroxyl groups is 1. The van der Waals surface area contributed by atoms with Gasteiger partial charge < -0.3 is 25.2 Å². The lowest BCUT2D eigenvalue weighted by molar-refractivity contribution is -0.137. The Morgan fingerprint density at radius 3 is 2.65 bits per heavy atom. The van der Waals surface area contributed by atoms with Gasteiger partial charge in [-0.25, -0.2) is 13.8 Å². The fourth-order valence-corrected chi connectivity index (χ4v) is 8.30. The lowest BCUT2D eigenvalue weighted by Crippen LogP contribution is -2.56. The van der Waals surface area contributed by atoms with E-state index in [1.54, 1.807) is 7.05 Å². The van der Waals surface area contributed by atoms with Crippen molar-refractivity contribution in [2.24, 2.45) is 0 Å². The summed E-state index contributed by atoms with van der Waals surface area (Å²) in [7, 11) is 1.76. The van der Waals surface area contributed by atoms with Gasteiger partial charge in [0.15, 0.2) is 11.6 Å². The van der Waals surface area contributed by atoms with Crippen LogP contribution in [0.25, 0.3) is 22.2 Å². The van der Waals surface area contributed by atoms with Crippen LogP contribution < -0.4 is 20.1 Å². The molecule has 0 amide bonds. The van der Waals surface area contributed by atoms with Crippen LogP contribution in [-0.2, 0) is 11.0 Å². The average molecular weight is 697 g/mol. The molecule has 1 saturated carbocycles. The number of fused-ring (bicyclic) bond motifs is 1. The quantitative estimate of drug-likeness (QED) is 0.242. The Morgan fingerprint density at radius 2 is 1.96 bits per heavy atom. The number of carbonyl (C=O) groups is 1. The van der Waals surface area contributed by atoms with Crippen molar-refractivity contribution in [1.29, 1.82) is 0 Å². The molecule has 7 rings (SSSR count). The monoisotopic (exact) mass is 696 g/mol. The predicted octanol–water partition coefficient (Wildman–Crippen LogP) is 5.50. The van der Waals surface area contributed by atoms with E-state index in [0.29, 0.717) is 32.2 Å². The van der Waals surface area contributed by atoms with Crippen LogP contribution in [0.5, 0.6) is 11.9 Å². The largest absolute Gasteiger partial charge is 0.473 e. The van der Waals surface area contributed by atoms with E-state index < -0.39 is 75.1 Å². The first kappa shape index (κ1) is 33.0. The van der Waals surface area contributed by atoms with Crippen LogP contribution in [-0.4, -0.2) is 87.4 Å². The molecule has 3 aromatic rings. The number of hydrogen-bond donors (Lipinski definition) is 2. The number of ether oxygens (including phenoxy) is 2. The molecule has 1 unspecified atom stereocenters. The van der Waals surface area contributed by atoms with Crippen LogP contribution in [0.4, 0.5) is 33.5 Å². The highest BCUT2D eigenvalue weighted by Gasteiger charge is 2.50. The van der Waals surface area contributed by atoms with Gasteiger partial charge in [0.05, 0.1) is 16.1 Å². The minimum absolute atomic E-state index is 0.0209. The van der Waals surface area contributed by atoms with E-state index in [0.717, 1.165) is 25.0 Å². The Kier molecular flexibility index (Phi) is 8.10. The molecule has 1 aliphatic carbocycles. The minimum Gasteiger partial charge on any atom is -0.473 e. The summed E-state index contributed by atoms with van der Waals surface area (Å²) >= 11 is 6.02. The molecular weight excluding hydrogens is 663 g/mol. The number of aromatic nitrogens is 3. The van der Waals surface area contributed by atoms with Gasteiger partial charge in [0.25, 0.3) is 0 Å². The number of aliphatic hydroxyl groups excluding tert-OH is 1. The third-order valence-electron chi connectivity index (χ3n) is 10.4. The Morgan fingerprint density at radius 1 is 1.19 bits per heavy atom. The van der Waals surface area contributed by atoms with E-state index in [2.05, 4.69) is 15.0 Å². The lowest BCUT2D eigenvalue weighted by Gasteiger charge is -2.51. The number of benzene rings is 1. The van der Waals surface area contributed by atoms with Crippen molar-refractivity contribution in [2.45, 2.75) is 80.9 Å². The van der Waals surface area contributed by atoms with E-state index in [-0.39, 0.29) is 54.8 Å². The summed E-state index contributed by atoms with van der Waals surface area (Å²) in [4.78, 5) is 29.6. The van der Waals surface area contributed by atoms with Crippen molar-refractivity contribution in [2.75, 3.05) is 44.0 Å². The number of nitrogens with zero attached hydrogens (tertiary/aromatic N) is 5. The molecule has 3 aliphatic heterocycles. The second-order valence-corrected chi connectivity index (χ2v) is 13.8. The van der Waals surface area contributed by atoms with Gasteiger partial charge in [0.2, 0.25) is 5.88 Å². The van der Waals surface area contributed by atoms with E-state index in [4.69, 9.17) is 26.8 Å². The number of Topliss-reactive ketones (excluding diaryl/α,β-unsaturated/α-hetero) is 1. The SMILES string of the molecule is CN1c2nc(OC[C@@]34CCCN3C[C@H](F)C4)nc3c(F)c(-c4cc(N)cc(Cl)c4C(F)(F)F)nc(c23)OC(CC(=O)CO)CC12CCC2. The summed E-state index contributed by atoms with van der Waals surface area (Å²) in [5, 5.41) is 8.73. The van der Waals surface area contributed by atoms with Gasteiger partial charge in [0.1, 0.15) is 47.9 Å². The number of hydrogen-bond acceptors (Lipinski definition) is 10. The number of rotatable bonds is 7. The van der Waals surface area contributed by atoms with Gasteiger partial charge in [-0.2, -0.15) is 23.1 Å². The van der Waals surface area contributed by atoms with E-state index in [1.165, 1.54) is 0 Å². The highest BCUT2D eigenvalue weighted by Crippen LogP contribution is 2.50. The number of ketones is 1. The molecule has 258 valence electrons. The summed E-state index contributed by atoms with van der Waals surface area (Å²) in [5.74, 6) is -1.85. The Balaban J connectivity index is 1.44. The van der Waals surface area contributed by atoms with Gasteiger partial charge >= 0.3 is 12.2 Å². The number of alkyl halides is 4. The molecule has 2 aromatic heterocycles. The average Bonchev–Trinajstić information content (AvgIpc) is 3.52. The minimum atomic E-state index is -5.02. The molecule has 1 aromatic carbocycles. The van der Waals surface area contributed by atoms with Crippen LogP contribution in [0.3, 0.4) is 0 Å². The van der Waals surface area contributed by atoms with E-state index in [1.807, 2.05) is 9.80 Å². The van der Waals surface area contributed by atoms with Crippen LogP contribution >= 0.6 is 11.6 Å². The van der Waals surface area contributed by atoms with Gasteiger partial charge in [-0.1, -0.05) is 11.6 Å². The molecule has 16 heteroatoms. The number of anilines is 2. The molecule has 3 N–H and O–H groups in total. The van der Waals surface area contributed by atoms with Crippen LogP contribution in [0, 0.1) is 5.82 Å². The molecule has 0 radical (unpaired) electrons. The second-order valence-electron chi connectivity index (χ2n) is 13.4. The summed E-state index contributed by atoms with van der Waals surface area (Å²) in [5.41, 5.74) is 1.29. The van der Waals surface area contributed by atoms with Gasteiger partial charge in [-0.05, 0) is 50.8 Å². The Hall–Kier alpha value is -3.56. The van der Waals surface area contributed by atoms with Crippen molar-refractivity contribution in [3.63, 3.8) is 0 Å². The zero-order valence-corrected chi connectivity index (χ0v) is 26.8. The zero-order valence-electron chi connectivity index (χ0n) is 26.0. The number of nitrogens with two attached hydrogens (primary N) is 1. The molecule has 4 aliphatic rings. The number of nitrogen functional groups attached to an aromatic ring is 1. The van der Waals surface area contributed by atoms with Crippen LogP contribution in [0.2, 0.25) is 5.02 Å². The topological polar surface area (TPSA) is 127 Å². The van der Waals surface area contributed by atoms with Gasteiger partial charge in [-0.15, -0.1) is 0 Å². The molecular formula is C32H34ClF5N6O4. The Labute approximate surface area is 277 Å². The lowest BCUT2D eigenvalue weighted by atomic mass is 9.71. The summed E-state index contributed by atoms with van der Waals surface area (Å²) < 4.78 is 86.8. The van der Waals surface area contributed by atoms with Crippen molar-refractivity contribution in [3.8, 4) is 23.1 Å². The Bertz CT molecular complexity index is 1790. The third-order valence-corrected chi connectivity index (χ3v) is 10.7. The van der Waals surface area contributed by atoms with Crippen molar-refractivity contribution >= 4 is 39.8 Å². The fourth-order valence-electron chi connectivity index (χ4n) is 7.97. The fraction of sp³-hybridized carbons (Fsp3) is 0.562. The van der Waals surface area contributed by atoms with Crippen molar-refractivity contribution in [3.05, 3.63) is 28.5 Å². The van der Waals surface area contributed by atoms with E-state index in [9.17, 15) is 27.5 Å². The first-order chi connectivity index (χ1) is 22.7. The third kappa shape index (κ3) is 5.47. The summed E-state index contributed by atoms with van der Waals surface area (Å²) in [6, 6.07) is 1.60. The molecule has 1 spiro atoms. The van der Waals surface area contributed by atoms with E-state index >= 15 is 4.39 Å². The molecule has 0 bridgehead atoms. The smallest absolute Gasteiger partial charge is 0.418 e. The normalized spacial score (nSPS) is 25.0. The standard InChI is InChI=1S/C32H34ClF5N6O4/c1-43-27-22-26(41-29(42-27)47-15-31-6-3-7-44(31)13-16(34)11-31)24(35)25(20-8-17(39)9-21(33)23(20)32(36,37)38)40-28(22)48-19(10-18(46)14-45)12-30(43)4-2-5-30/h8-9,16,19,45H,2-7,10-15,39H2,1H3/t16-,19?,31+/m1/s1. The number of pyridine rings is 1. The van der Waals surface area contributed by atoms with Crippen molar-refractivity contribution in [1.82, 2.24) is 19.9 Å². The molecule has 10 nitrogen and oxygen atoms in total. The second kappa shape index (κ2) is 11.8. The maximum Gasteiger partial charge on any atom is 0.418 e. The first-order valence-corrected chi connectivity index (χ1v) is 16.2. The summed E-state index contributed by atoms with van der Waals surface area (Å²) in [6.07, 6.45) is -2.76. The first-order valence-electron chi connectivity index (χ1n) is 15.9. The number of halogens is 6. The zero-order chi connectivity index (χ0) is 34.2. The van der Waals surface area contributed by atoms with Crippen LogP contribution in [0.15, 0.2) is 12.1 Å². The highest BCUT2D eigenvalue weighted by atomic mass is 35.5. The predicted molar refractivity (Wildman–Crippen MR) is 166 cm³/mol. The van der Waals surface area contributed by atoms with Gasteiger partial charge in [-0.3, -0.25) is 9.69 Å².